The number of halogens is 1. The van der Waals surface area contributed by atoms with Crippen molar-refractivity contribution >= 4 is 33.4 Å². The summed E-state index contributed by atoms with van der Waals surface area (Å²) in [6.45, 7) is 0. The van der Waals surface area contributed by atoms with E-state index in [2.05, 4.69) is 24.5 Å². The van der Waals surface area contributed by atoms with Crippen LogP contribution in [0, 0.1) is 0 Å². The van der Waals surface area contributed by atoms with Gasteiger partial charge in [-0.3, -0.25) is 4.79 Å². The molecule has 0 aliphatic rings. The molecule has 1 aromatic carbocycles. The van der Waals surface area contributed by atoms with Crippen molar-refractivity contribution in [1.29, 1.82) is 0 Å². The third-order valence-corrected chi connectivity index (χ3v) is 4.18. The third kappa shape index (κ3) is 4.55. The van der Waals surface area contributed by atoms with Gasteiger partial charge in [0.25, 0.3) is 5.91 Å². The van der Waals surface area contributed by atoms with Crippen LogP contribution < -0.4 is 9.50 Å². The first-order chi connectivity index (χ1) is 11.9. The Morgan fingerprint density at radius 2 is 1.80 bits per heavy atom. The Kier molecular flexibility index (Phi) is 4.67. The zero-order valence-corrected chi connectivity index (χ0v) is 13.9. The average Bonchev–Trinajstić information content (AvgIpc) is 3.06. The summed E-state index contributed by atoms with van der Waals surface area (Å²) in [6.07, 6.45) is 4.55. The zero-order chi connectivity index (χ0) is 17.9. The molecule has 0 saturated carbocycles. The van der Waals surface area contributed by atoms with Gasteiger partial charge >= 0.3 is 10.5 Å². The summed E-state index contributed by atoms with van der Waals surface area (Å²) in [5.41, 5.74) is 0.375. The zero-order valence-electron chi connectivity index (χ0n) is 12.3. The molecule has 0 fully saturated rings. The van der Waals surface area contributed by atoms with Gasteiger partial charge in [-0.15, -0.1) is 11.3 Å². The average molecular weight is 380 g/mol. The first-order valence-corrected chi connectivity index (χ1v) is 8.82. The second-order valence-electron chi connectivity index (χ2n) is 4.56. The summed E-state index contributed by atoms with van der Waals surface area (Å²) in [7, 11) is -5.09. The van der Waals surface area contributed by atoms with Crippen LogP contribution in [0.3, 0.4) is 0 Å². The van der Waals surface area contributed by atoms with E-state index in [-0.39, 0.29) is 5.75 Å². The van der Waals surface area contributed by atoms with Gasteiger partial charge in [-0.05, 0) is 30.3 Å². The summed E-state index contributed by atoms with van der Waals surface area (Å²) in [6, 6.07) is 6.85. The number of amides is 1. The fraction of sp³-hybridized carbons (Fsp3) is 0. The smallest absolute Gasteiger partial charge is 0.358 e. The molecule has 2 heterocycles. The minimum atomic E-state index is -5.09. The van der Waals surface area contributed by atoms with Gasteiger partial charge in [-0.1, -0.05) is 3.89 Å². The van der Waals surface area contributed by atoms with E-state index in [4.69, 9.17) is 0 Å². The molecule has 11 heteroatoms. The predicted molar refractivity (Wildman–Crippen MR) is 88.2 cm³/mol. The molecule has 1 amide bonds. The van der Waals surface area contributed by atoms with Crippen LogP contribution in [0.25, 0.3) is 10.8 Å². The van der Waals surface area contributed by atoms with Crippen LogP contribution in [-0.4, -0.2) is 29.3 Å². The minimum absolute atomic E-state index is 0.207. The molecule has 0 atom stereocenters. The monoisotopic (exact) mass is 380 g/mol. The van der Waals surface area contributed by atoms with Crippen molar-refractivity contribution in [3.8, 4) is 16.6 Å². The van der Waals surface area contributed by atoms with Gasteiger partial charge in [0.05, 0.1) is 6.20 Å². The second-order valence-corrected chi connectivity index (χ2v) is 6.54. The number of carbonyl (C=O) groups excluding carboxylic acids is 1. The molecule has 8 nitrogen and oxygen atoms in total. The van der Waals surface area contributed by atoms with Crippen LogP contribution >= 0.6 is 11.3 Å². The van der Waals surface area contributed by atoms with Crippen LogP contribution in [0.5, 0.6) is 5.75 Å². The maximum Gasteiger partial charge on any atom is 0.488 e. The van der Waals surface area contributed by atoms with Crippen LogP contribution in [0.4, 0.5) is 9.57 Å². The fourth-order valence-corrected chi connectivity index (χ4v) is 2.89. The lowest BCUT2D eigenvalue weighted by molar-refractivity contribution is 0.103. The topological polar surface area (TPSA) is 111 Å². The van der Waals surface area contributed by atoms with E-state index < -0.39 is 16.4 Å². The number of hydrogen-bond acceptors (Lipinski definition) is 8. The SMILES string of the molecule is O=C(Nc1ccc(OS(=O)(=O)F)cc1)c1cnc(-c2ncccn2)s1. The van der Waals surface area contributed by atoms with Crippen molar-refractivity contribution in [1.82, 2.24) is 15.0 Å². The van der Waals surface area contributed by atoms with E-state index in [0.29, 0.717) is 21.4 Å². The molecule has 0 bridgehead atoms. The molecule has 1 N–H and O–H groups in total. The highest BCUT2D eigenvalue weighted by Gasteiger charge is 2.14. The van der Waals surface area contributed by atoms with E-state index in [1.54, 1.807) is 18.5 Å². The summed E-state index contributed by atoms with van der Waals surface area (Å²) < 4.78 is 37.3. The number of rotatable bonds is 5. The van der Waals surface area contributed by atoms with Gasteiger partial charge in [0.2, 0.25) is 0 Å². The van der Waals surface area contributed by atoms with Crippen molar-refractivity contribution in [2.75, 3.05) is 5.32 Å². The van der Waals surface area contributed by atoms with Gasteiger partial charge in [-0.25, -0.2) is 15.0 Å². The van der Waals surface area contributed by atoms with E-state index >= 15 is 0 Å². The fourth-order valence-electron chi connectivity index (χ4n) is 1.79. The lowest BCUT2D eigenvalue weighted by Crippen LogP contribution is -2.10. The molecule has 0 unspecified atom stereocenters. The highest BCUT2D eigenvalue weighted by atomic mass is 32.3. The Labute approximate surface area is 145 Å². The van der Waals surface area contributed by atoms with Crippen molar-refractivity contribution < 1.29 is 21.3 Å². The maximum atomic E-state index is 12.4. The van der Waals surface area contributed by atoms with E-state index in [1.165, 1.54) is 30.5 Å². The molecule has 0 saturated heterocycles. The van der Waals surface area contributed by atoms with Crippen molar-refractivity contribution in [2.45, 2.75) is 0 Å². The number of carbonyl (C=O) groups is 1. The standard InChI is InChI=1S/C14H9FN4O4S2/c15-25(21,22)23-10-4-2-9(3-5-10)19-13(20)11-8-18-14(24-11)12-16-6-1-7-17-12/h1-8H,(H,19,20). The maximum absolute atomic E-state index is 12.4. The summed E-state index contributed by atoms with van der Waals surface area (Å²) in [5, 5.41) is 3.11. The number of nitrogens with zero attached hydrogens (tertiary/aromatic N) is 3. The molecule has 0 aliphatic carbocycles. The number of aromatic nitrogens is 3. The lowest BCUT2D eigenvalue weighted by atomic mass is 10.3. The molecule has 3 aromatic rings. The number of anilines is 1. The number of hydrogen-bond donors (Lipinski definition) is 1. The molecule has 2 aromatic heterocycles. The first-order valence-electron chi connectivity index (χ1n) is 6.69. The first kappa shape index (κ1) is 16.9. The van der Waals surface area contributed by atoms with Gasteiger partial charge in [0, 0.05) is 18.1 Å². The molecule has 25 heavy (non-hydrogen) atoms. The highest BCUT2D eigenvalue weighted by molar-refractivity contribution is 7.81. The molecule has 0 aliphatic heterocycles. The van der Waals surface area contributed by atoms with E-state index in [1.807, 2.05) is 0 Å². The van der Waals surface area contributed by atoms with Gasteiger partial charge in [0.15, 0.2) is 10.8 Å². The summed E-state index contributed by atoms with van der Waals surface area (Å²) >= 11 is 1.12. The Hall–Kier alpha value is -2.92. The highest BCUT2D eigenvalue weighted by Crippen LogP contribution is 2.23. The van der Waals surface area contributed by atoms with Crippen LogP contribution in [0.15, 0.2) is 48.9 Å². The van der Waals surface area contributed by atoms with Gasteiger partial charge in [0.1, 0.15) is 10.6 Å². The quantitative estimate of drug-likeness (QED) is 0.677. The third-order valence-electron chi connectivity index (χ3n) is 2.79. The number of nitrogens with one attached hydrogen (secondary N) is 1. The minimum Gasteiger partial charge on any atom is -0.358 e. The van der Waals surface area contributed by atoms with Crippen LogP contribution in [-0.2, 0) is 10.5 Å². The molecule has 3 rings (SSSR count). The number of thiazole rings is 1. The second kappa shape index (κ2) is 6.91. The van der Waals surface area contributed by atoms with Crippen molar-refractivity contribution in [3.05, 3.63) is 53.8 Å². The largest absolute Gasteiger partial charge is 0.488 e. The van der Waals surface area contributed by atoms with Crippen LogP contribution in [0.2, 0.25) is 0 Å². The van der Waals surface area contributed by atoms with Crippen molar-refractivity contribution in [2.24, 2.45) is 0 Å². The normalized spacial score (nSPS) is 11.1. The number of benzene rings is 1. The molecule has 0 radical (unpaired) electrons. The van der Waals surface area contributed by atoms with E-state index in [0.717, 1.165) is 11.3 Å². The molecular formula is C14H9FN4O4S2. The Morgan fingerprint density at radius 3 is 2.44 bits per heavy atom. The molecular weight excluding hydrogens is 371 g/mol. The van der Waals surface area contributed by atoms with Crippen LogP contribution in [0.1, 0.15) is 9.67 Å². The molecule has 128 valence electrons. The Bertz CT molecular complexity index is 991. The van der Waals surface area contributed by atoms with E-state index in [9.17, 15) is 17.1 Å². The Balaban J connectivity index is 1.69. The lowest BCUT2D eigenvalue weighted by Gasteiger charge is -2.04. The van der Waals surface area contributed by atoms with Gasteiger partial charge < -0.3 is 9.50 Å². The summed E-state index contributed by atoms with van der Waals surface area (Å²) in [5.74, 6) is -0.200. The van der Waals surface area contributed by atoms with Crippen molar-refractivity contribution in [3.63, 3.8) is 0 Å². The summed E-state index contributed by atoms with van der Waals surface area (Å²) in [4.78, 5) is 24.8. The molecule has 0 spiro atoms. The predicted octanol–water partition coefficient (Wildman–Crippen LogP) is 2.45. The van der Waals surface area contributed by atoms with Gasteiger partial charge in [-0.2, -0.15) is 8.42 Å². The Morgan fingerprint density at radius 1 is 1.12 bits per heavy atom.